The van der Waals surface area contributed by atoms with Crippen LogP contribution in [0.3, 0.4) is 0 Å². The largest absolute Gasteiger partial charge is 0.493 e. The van der Waals surface area contributed by atoms with Crippen molar-refractivity contribution in [3.8, 4) is 5.75 Å². The highest BCUT2D eigenvalue weighted by atomic mass is 16.5. The molecule has 2 heteroatoms. The first-order chi connectivity index (χ1) is 6.34. The number of aromatic amines is 1. The second-order valence-electron chi connectivity index (χ2n) is 3.58. The number of benzene rings is 1. The zero-order chi connectivity index (χ0) is 8.84. The highest BCUT2D eigenvalue weighted by Crippen LogP contribution is 2.31. The first-order valence-corrected chi connectivity index (χ1v) is 4.58. The molecule has 3 rings (SSSR count). The maximum atomic E-state index is 5.52. The van der Waals surface area contributed by atoms with Gasteiger partial charge < -0.3 is 9.72 Å². The molecule has 0 unspecified atom stereocenters. The van der Waals surface area contributed by atoms with E-state index in [-0.39, 0.29) is 0 Å². The summed E-state index contributed by atoms with van der Waals surface area (Å²) in [5, 5.41) is 1.28. The lowest BCUT2D eigenvalue weighted by molar-refractivity contribution is 0.357. The molecule has 0 saturated heterocycles. The number of aromatic nitrogens is 1. The second-order valence-corrected chi connectivity index (χ2v) is 3.58. The van der Waals surface area contributed by atoms with Crippen molar-refractivity contribution in [3.05, 3.63) is 29.5 Å². The van der Waals surface area contributed by atoms with Crippen LogP contribution in [0.1, 0.15) is 11.1 Å². The molecule has 0 amide bonds. The zero-order valence-electron chi connectivity index (χ0n) is 7.55. The van der Waals surface area contributed by atoms with Crippen molar-refractivity contribution >= 4 is 10.9 Å². The predicted octanol–water partition coefficient (Wildman–Crippen LogP) is 2.41. The Labute approximate surface area is 76.5 Å². The van der Waals surface area contributed by atoms with Gasteiger partial charge in [0, 0.05) is 23.5 Å². The minimum atomic E-state index is 0.834. The Bertz CT molecular complexity index is 470. The van der Waals surface area contributed by atoms with Crippen LogP contribution in [-0.2, 0) is 6.42 Å². The summed E-state index contributed by atoms with van der Waals surface area (Å²) in [7, 11) is 0. The maximum absolute atomic E-state index is 5.52. The summed E-state index contributed by atoms with van der Waals surface area (Å²) in [4.78, 5) is 3.26. The van der Waals surface area contributed by atoms with E-state index in [9.17, 15) is 0 Å². The molecule has 0 radical (unpaired) electrons. The minimum absolute atomic E-state index is 0.834. The van der Waals surface area contributed by atoms with Gasteiger partial charge in [0.05, 0.1) is 6.61 Å². The van der Waals surface area contributed by atoms with Crippen LogP contribution in [0.15, 0.2) is 18.3 Å². The van der Waals surface area contributed by atoms with Gasteiger partial charge in [0.15, 0.2) is 0 Å². The van der Waals surface area contributed by atoms with Crippen LogP contribution < -0.4 is 4.74 Å². The summed E-state index contributed by atoms with van der Waals surface area (Å²) < 4.78 is 5.52. The molecule has 0 fully saturated rings. The first-order valence-electron chi connectivity index (χ1n) is 4.58. The van der Waals surface area contributed by atoms with Gasteiger partial charge in [0.2, 0.25) is 0 Å². The maximum Gasteiger partial charge on any atom is 0.123 e. The lowest BCUT2D eigenvalue weighted by Crippen LogP contribution is -1.85. The molecule has 2 aromatic rings. The van der Waals surface area contributed by atoms with Gasteiger partial charge in [-0.05, 0) is 30.2 Å². The lowest BCUT2D eigenvalue weighted by Gasteiger charge is -1.99. The topological polar surface area (TPSA) is 25.0 Å². The smallest absolute Gasteiger partial charge is 0.123 e. The Morgan fingerprint density at radius 1 is 1.38 bits per heavy atom. The van der Waals surface area contributed by atoms with E-state index >= 15 is 0 Å². The molecule has 1 aliphatic rings. The number of ether oxygens (including phenoxy) is 1. The number of aryl methyl sites for hydroxylation is 1. The summed E-state index contributed by atoms with van der Waals surface area (Å²) in [5.74, 6) is 1.06. The third-order valence-corrected chi connectivity index (χ3v) is 2.70. The fraction of sp³-hybridized carbons (Fsp3) is 0.273. The number of rotatable bonds is 0. The molecular formula is C11H11NO. The molecule has 66 valence electrons. The highest BCUT2D eigenvalue weighted by molar-refractivity contribution is 5.85. The average molecular weight is 173 g/mol. The Hall–Kier alpha value is -1.44. The van der Waals surface area contributed by atoms with Crippen molar-refractivity contribution in [2.75, 3.05) is 6.61 Å². The van der Waals surface area contributed by atoms with E-state index in [4.69, 9.17) is 4.74 Å². The SMILES string of the molecule is Cc1c[nH]c2cc3c(cc12)OCC3. The molecule has 0 aliphatic carbocycles. The molecule has 0 spiro atoms. The molecule has 1 aromatic carbocycles. The van der Waals surface area contributed by atoms with Crippen LogP contribution >= 0.6 is 0 Å². The molecule has 0 atom stereocenters. The van der Waals surface area contributed by atoms with Crippen molar-refractivity contribution in [1.82, 2.24) is 4.98 Å². The Morgan fingerprint density at radius 3 is 3.23 bits per heavy atom. The number of hydrogen-bond acceptors (Lipinski definition) is 1. The molecule has 0 saturated carbocycles. The van der Waals surface area contributed by atoms with Gasteiger partial charge in [-0.25, -0.2) is 0 Å². The number of H-pyrrole nitrogens is 1. The molecule has 13 heavy (non-hydrogen) atoms. The Balaban J connectivity index is 2.38. The Kier molecular flexibility index (Phi) is 1.23. The zero-order valence-corrected chi connectivity index (χ0v) is 7.55. The monoisotopic (exact) mass is 173 g/mol. The van der Waals surface area contributed by atoms with E-state index in [0.29, 0.717) is 0 Å². The van der Waals surface area contributed by atoms with Crippen LogP contribution in [0.4, 0.5) is 0 Å². The van der Waals surface area contributed by atoms with Gasteiger partial charge >= 0.3 is 0 Å². The van der Waals surface area contributed by atoms with Gasteiger partial charge in [0.1, 0.15) is 5.75 Å². The Morgan fingerprint density at radius 2 is 2.31 bits per heavy atom. The summed E-state index contributed by atoms with van der Waals surface area (Å²) >= 11 is 0. The molecule has 2 heterocycles. The van der Waals surface area contributed by atoms with E-state index in [2.05, 4.69) is 24.0 Å². The summed E-state index contributed by atoms with van der Waals surface area (Å²) in [6.07, 6.45) is 3.09. The van der Waals surface area contributed by atoms with E-state index < -0.39 is 0 Å². The standard InChI is InChI=1S/C11H11NO/c1-7-6-12-10-4-8-2-3-13-11(8)5-9(7)10/h4-6,12H,2-3H2,1H3. The highest BCUT2D eigenvalue weighted by Gasteiger charge is 2.13. The van der Waals surface area contributed by atoms with Crippen LogP contribution in [0.25, 0.3) is 10.9 Å². The summed E-state index contributed by atoms with van der Waals surface area (Å²) in [6, 6.07) is 4.34. The summed E-state index contributed by atoms with van der Waals surface area (Å²) in [6.45, 7) is 2.95. The van der Waals surface area contributed by atoms with Crippen molar-refractivity contribution in [2.45, 2.75) is 13.3 Å². The third-order valence-electron chi connectivity index (χ3n) is 2.70. The number of nitrogens with one attached hydrogen (secondary N) is 1. The first kappa shape index (κ1) is 7.01. The van der Waals surface area contributed by atoms with E-state index in [0.717, 1.165) is 18.8 Å². The van der Waals surface area contributed by atoms with Crippen molar-refractivity contribution in [3.63, 3.8) is 0 Å². The number of hydrogen-bond donors (Lipinski definition) is 1. The predicted molar refractivity (Wildman–Crippen MR) is 52.2 cm³/mol. The fourth-order valence-corrected chi connectivity index (χ4v) is 1.93. The quantitative estimate of drug-likeness (QED) is 0.650. The second kappa shape index (κ2) is 2.28. The minimum Gasteiger partial charge on any atom is -0.493 e. The van der Waals surface area contributed by atoms with Gasteiger partial charge in [-0.3, -0.25) is 0 Å². The summed E-state index contributed by atoms with van der Waals surface area (Å²) in [5.41, 5.74) is 3.84. The van der Waals surface area contributed by atoms with E-state index in [1.807, 2.05) is 6.20 Å². The van der Waals surface area contributed by atoms with Crippen LogP contribution in [0.5, 0.6) is 5.75 Å². The average Bonchev–Trinajstić information content (AvgIpc) is 2.70. The van der Waals surface area contributed by atoms with E-state index in [1.54, 1.807) is 0 Å². The third kappa shape index (κ3) is 0.886. The van der Waals surface area contributed by atoms with Crippen LogP contribution in [0, 0.1) is 6.92 Å². The molecule has 1 aliphatic heterocycles. The van der Waals surface area contributed by atoms with Crippen molar-refractivity contribution < 1.29 is 4.74 Å². The van der Waals surface area contributed by atoms with Crippen molar-refractivity contribution in [2.24, 2.45) is 0 Å². The molecule has 0 bridgehead atoms. The van der Waals surface area contributed by atoms with Crippen LogP contribution in [-0.4, -0.2) is 11.6 Å². The lowest BCUT2D eigenvalue weighted by atomic mass is 10.1. The van der Waals surface area contributed by atoms with Gasteiger partial charge in [-0.2, -0.15) is 0 Å². The fourth-order valence-electron chi connectivity index (χ4n) is 1.93. The van der Waals surface area contributed by atoms with E-state index in [1.165, 1.54) is 22.0 Å². The molecular weight excluding hydrogens is 162 g/mol. The molecule has 2 nitrogen and oxygen atoms in total. The van der Waals surface area contributed by atoms with Gasteiger partial charge in [0.25, 0.3) is 0 Å². The normalized spacial score (nSPS) is 14.5. The molecule has 1 aromatic heterocycles. The van der Waals surface area contributed by atoms with Crippen molar-refractivity contribution in [1.29, 1.82) is 0 Å². The number of fused-ring (bicyclic) bond motifs is 2. The van der Waals surface area contributed by atoms with Gasteiger partial charge in [-0.1, -0.05) is 0 Å². The van der Waals surface area contributed by atoms with Gasteiger partial charge in [-0.15, -0.1) is 0 Å². The van der Waals surface area contributed by atoms with Crippen LogP contribution in [0.2, 0.25) is 0 Å². The molecule has 1 N–H and O–H groups in total.